The van der Waals surface area contributed by atoms with Crippen LogP contribution in [0, 0.1) is 10.1 Å². The number of furan rings is 1. The van der Waals surface area contributed by atoms with E-state index in [9.17, 15) is 14.9 Å². The number of rotatable bonds is 6. The summed E-state index contributed by atoms with van der Waals surface area (Å²) in [7, 11) is 0. The van der Waals surface area contributed by atoms with Gasteiger partial charge in [-0.15, -0.1) is 0 Å². The lowest BCUT2D eigenvalue weighted by molar-refractivity contribution is -0.384. The molecule has 3 aromatic rings. The Kier molecular flexibility index (Phi) is 5.77. The summed E-state index contributed by atoms with van der Waals surface area (Å²) in [6.07, 6.45) is 1.56. The average Bonchev–Trinajstić information content (AvgIpc) is 3.11. The van der Waals surface area contributed by atoms with E-state index in [1.165, 1.54) is 12.3 Å². The maximum atomic E-state index is 11.8. The number of hydrogen-bond donors (Lipinski definition) is 1. The van der Waals surface area contributed by atoms with Crippen LogP contribution in [0.15, 0.2) is 74.7 Å². The molecule has 0 aliphatic heterocycles. The number of nitro groups is 1. The molecule has 0 fully saturated rings. The standard InChI is InChI=1S/C19H14BrN3O4/c20-14-6-8-16(17(11-14)23(25)26)18-9-7-15(27-18)12-21-22-19(24)10-13-4-2-1-3-5-13/h1-9,11-12H,10H2,(H,22,24)/b21-12+. The van der Waals surface area contributed by atoms with Crippen LogP contribution >= 0.6 is 15.9 Å². The number of nitrogens with zero attached hydrogens (tertiary/aromatic N) is 2. The molecule has 0 bridgehead atoms. The molecule has 0 aliphatic carbocycles. The maximum Gasteiger partial charge on any atom is 0.281 e. The van der Waals surface area contributed by atoms with Crippen molar-refractivity contribution in [1.29, 1.82) is 0 Å². The summed E-state index contributed by atoms with van der Waals surface area (Å²) >= 11 is 3.22. The van der Waals surface area contributed by atoms with E-state index in [2.05, 4.69) is 26.5 Å². The summed E-state index contributed by atoms with van der Waals surface area (Å²) in [5.41, 5.74) is 3.59. The van der Waals surface area contributed by atoms with Crippen LogP contribution in [-0.4, -0.2) is 17.0 Å². The van der Waals surface area contributed by atoms with Gasteiger partial charge in [0.15, 0.2) is 0 Å². The number of hydrazone groups is 1. The van der Waals surface area contributed by atoms with Gasteiger partial charge in [0.25, 0.3) is 5.69 Å². The predicted molar refractivity (Wildman–Crippen MR) is 104 cm³/mol. The smallest absolute Gasteiger partial charge is 0.281 e. The molecule has 0 spiro atoms. The average molecular weight is 428 g/mol. The van der Waals surface area contributed by atoms with E-state index in [1.807, 2.05) is 30.3 Å². The number of carbonyl (C=O) groups excluding carboxylic acids is 1. The van der Waals surface area contributed by atoms with Crippen molar-refractivity contribution in [3.63, 3.8) is 0 Å². The van der Waals surface area contributed by atoms with Gasteiger partial charge in [-0.05, 0) is 29.8 Å². The molecule has 1 amide bonds. The summed E-state index contributed by atoms with van der Waals surface area (Å²) in [5.74, 6) is 0.446. The van der Waals surface area contributed by atoms with Gasteiger partial charge in [-0.1, -0.05) is 46.3 Å². The van der Waals surface area contributed by atoms with E-state index in [0.717, 1.165) is 5.56 Å². The van der Waals surface area contributed by atoms with Crippen LogP contribution in [0.1, 0.15) is 11.3 Å². The quantitative estimate of drug-likeness (QED) is 0.359. The molecule has 8 heteroatoms. The number of amides is 1. The SMILES string of the molecule is O=C(Cc1ccccc1)N/N=C/c1ccc(-c2ccc(Br)cc2[N+](=O)[O-])o1. The lowest BCUT2D eigenvalue weighted by Crippen LogP contribution is -2.19. The van der Waals surface area contributed by atoms with Gasteiger partial charge in [-0.25, -0.2) is 5.43 Å². The fourth-order valence-corrected chi connectivity index (χ4v) is 2.77. The van der Waals surface area contributed by atoms with Crippen molar-refractivity contribution in [1.82, 2.24) is 5.43 Å². The number of nitro benzene ring substituents is 1. The number of halogens is 1. The van der Waals surface area contributed by atoms with E-state index < -0.39 is 4.92 Å². The Morgan fingerprint density at radius 1 is 1.19 bits per heavy atom. The Labute approximate surface area is 163 Å². The minimum absolute atomic E-state index is 0.0709. The first-order chi connectivity index (χ1) is 13.0. The van der Waals surface area contributed by atoms with E-state index >= 15 is 0 Å². The zero-order chi connectivity index (χ0) is 19.2. The van der Waals surface area contributed by atoms with Crippen LogP contribution in [0.3, 0.4) is 0 Å². The molecule has 0 atom stereocenters. The number of hydrogen-bond acceptors (Lipinski definition) is 5. The summed E-state index contributed by atoms with van der Waals surface area (Å²) in [6.45, 7) is 0. The Balaban J connectivity index is 1.67. The topological polar surface area (TPSA) is 97.7 Å². The van der Waals surface area contributed by atoms with Gasteiger partial charge in [-0.3, -0.25) is 14.9 Å². The van der Waals surface area contributed by atoms with Gasteiger partial charge in [-0.2, -0.15) is 5.10 Å². The Hall–Kier alpha value is -3.26. The molecule has 0 unspecified atom stereocenters. The van der Waals surface area contributed by atoms with E-state index in [-0.39, 0.29) is 18.0 Å². The minimum Gasteiger partial charge on any atom is -0.455 e. The van der Waals surface area contributed by atoms with Crippen LogP contribution in [0.25, 0.3) is 11.3 Å². The van der Waals surface area contributed by atoms with Crippen molar-refractivity contribution in [3.05, 3.63) is 86.6 Å². The zero-order valence-electron chi connectivity index (χ0n) is 14.0. The van der Waals surface area contributed by atoms with Crippen LogP contribution < -0.4 is 5.43 Å². The molecule has 0 aliphatic rings. The van der Waals surface area contributed by atoms with Crippen molar-refractivity contribution in [2.24, 2.45) is 5.10 Å². The molecule has 0 saturated heterocycles. The molecule has 7 nitrogen and oxygen atoms in total. The number of nitrogens with one attached hydrogen (secondary N) is 1. The number of benzene rings is 2. The Bertz CT molecular complexity index is 999. The van der Waals surface area contributed by atoms with Crippen LogP contribution in [0.4, 0.5) is 5.69 Å². The van der Waals surface area contributed by atoms with Crippen molar-refractivity contribution in [3.8, 4) is 11.3 Å². The summed E-state index contributed by atoms with van der Waals surface area (Å²) < 4.78 is 6.18. The molecular formula is C19H14BrN3O4. The van der Waals surface area contributed by atoms with Crippen molar-refractivity contribution in [2.45, 2.75) is 6.42 Å². The molecule has 3 rings (SSSR count). The molecule has 1 N–H and O–H groups in total. The lowest BCUT2D eigenvalue weighted by atomic mass is 10.1. The maximum absolute atomic E-state index is 11.8. The Morgan fingerprint density at radius 3 is 2.70 bits per heavy atom. The highest BCUT2D eigenvalue weighted by Crippen LogP contribution is 2.33. The first-order valence-corrected chi connectivity index (χ1v) is 8.72. The van der Waals surface area contributed by atoms with E-state index in [0.29, 0.717) is 21.6 Å². The molecular weight excluding hydrogens is 414 g/mol. The van der Waals surface area contributed by atoms with Crippen molar-refractivity contribution in [2.75, 3.05) is 0 Å². The van der Waals surface area contributed by atoms with Crippen molar-refractivity contribution < 1.29 is 14.1 Å². The van der Waals surface area contributed by atoms with Gasteiger partial charge < -0.3 is 4.42 Å². The van der Waals surface area contributed by atoms with Crippen molar-refractivity contribution >= 4 is 33.7 Å². The summed E-state index contributed by atoms with van der Waals surface area (Å²) in [5, 5.41) is 15.1. The predicted octanol–water partition coefficient (Wildman–Crippen LogP) is 4.31. The second-order valence-corrected chi connectivity index (χ2v) is 6.49. The third-order valence-electron chi connectivity index (χ3n) is 3.64. The monoisotopic (exact) mass is 427 g/mol. The van der Waals surface area contributed by atoms with Crippen LogP contribution in [0.5, 0.6) is 0 Å². The lowest BCUT2D eigenvalue weighted by Gasteiger charge is -2.00. The molecule has 1 heterocycles. The minimum atomic E-state index is -0.472. The molecule has 1 aromatic heterocycles. The first-order valence-electron chi connectivity index (χ1n) is 7.93. The highest BCUT2D eigenvalue weighted by Gasteiger charge is 2.18. The normalized spacial score (nSPS) is 10.9. The fourth-order valence-electron chi connectivity index (χ4n) is 2.42. The zero-order valence-corrected chi connectivity index (χ0v) is 15.5. The second-order valence-electron chi connectivity index (χ2n) is 5.58. The number of carbonyl (C=O) groups is 1. The molecule has 2 aromatic carbocycles. The van der Waals surface area contributed by atoms with Gasteiger partial charge in [0, 0.05) is 10.5 Å². The highest BCUT2D eigenvalue weighted by atomic mass is 79.9. The third kappa shape index (κ3) is 4.89. The van der Waals surface area contributed by atoms with Gasteiger partial charge >= 0.3 is 0 Å². The molecule has 0 saturated carbocycles. The molecule has 27 heavy (non-hydrogen) atoms. The third-order valence-corrected chi connectivity index (χ3v) is 4.13. The second kappa shape index (κ2) is 8.41. The molecule has 136 valence electrons. The van der Waals surface area contributed by atoms with Gasteiger partial charge in [0.1, 0.15) is 11.5 Å². The van der Waals surface area contributed by atoms with Gasteiger partial charge in [0.2, 0.25) is 5.91 Å². The summed E-state index contributed by atoms with van der Waals surface area (Å²) in [6, 6.07) is 17.2. The highest BCUT2D eigenvalue weighted by molar-refractivity contribution is 9.10. The largest absolute Gasteiger partial charge is 0.455 e. The van der Waals surface area contributed by atoms with Crippen LogP contribution in [0.2, 0.25) is 0 Å². The fraction of sp³-hybridized carbons (Fsp3) is 0.0526. The van der Waals surface area contributed by atoms with E-state index in [4.69, 9.17) is 4.42 Å². The molecule has 0 radical (unpaired) electrons. The summed E-state index contributed by atoms with van der Waals surface area (Å²) in [4.78, 5) is 22.6. The van der Waals surface area contributed by atoms with E-state index in [1.54, 1.807) is 24.3 Å². The Morgan fingerprint density at radius 2 is 1.96 bits per heavy atom. The first kappa shape index (κ1) is 18.5. The van der Waals surface area contributed by atoms with Gasteiger partial charge in [0.05, 0.1) is 23.1 Å². The van der Waals surface area contributed by atoms with Crippen LogP contribution in [-0.2, 0) is 11.2 Å².